The van der Waals surface area contributed by atoms with Crippen molar-refractivity contribution in [3.8, 4) is 5.75 Å². The highest BCUT2D eigenvalue weighted by Gasteiger charge is 2.14. The number of hydrogen-bond donors (Lipinski definition) is 2. The molecule has 0 heterocycles. The Morgan fingerprint density at radius 3 is 2.52 bits per heavy atom. The van der Waals surface area contributed by atoms with Gasteiger partial charge in [0.2, 0.25) is 0 Å². The van der Waals surface area contributed by atoms with E-state index in [4.69, 9.17) is 9.47 Å². The van der Waals surface area contributed by atoms with Crippen LogP contribution in [0.25, 0.3) is 0 Å². The van der Waals surface area contributed by atoms with E-state index in [1.165, 1.54) is 0 Å². The van der Waals surface area contributed by atoms with Crippen molar-refractivity contribution < 1.29 is 23.9 Å². The molecule has 1 rings (SSSR count). The Labute approximate surface area is 148 Å². The molecule has 0 radical (unpaired) electrons. The van der Waals surface area contributed by atoms with Gasteiger partial charge in [-0.1, -0.05) is 26.0 Å². The fraction of sp³-hybridized carbons (Fsp3) is 0.500. The summed E-state index contributed by atoms with van der Waals surface area (Å²) in [6, 6.07) is 6.75. The van der Waals surface area contributed by atoms with Crippen molar-refractivity contribution >= 4 is 17.8 Å². The van der Waals surface area contributed by atoms with Crippen LogP contribution in [0.4, 0.5) is 0 Å². The minimum atomic E-state index is -0.679. The summed E-state index contributed by atoms with van der Waals surface area (Å²) in [6.45, 7) is 6.22. The first-order valence-electron chi connectivity index (χ1n) is 8.36. The van der Waals surface area contributed by atoms with Gasteiger partial charge in [-0.05, 0) is 31.4 Å². The van der Waals surface area contributed by atoms with E-state index >= 15 is 0 Å². The zero-order chi connectivity index (χ0) is 18.7. The molecule has 138 valence electrons. The highest BCUT2D eigenvalue weighted by Crippen LogP contribution is 2.17. The molecule has 0 saturated carbocycles. The van der Waals surface area contributed by atoms with E-state index in [9.17, 15) is 14.4 Å². The lowest BCUT2D eigenvalue weighted by Crippen LogP contribution is -2.34. The molecule has 0 saturated heterocycles. The van der Waals surface area contributed by atoms with E-state index < -0.39 is 11.9 Å². The second-order valence-corrected chi connectivity index (χ2v) is 5.81. The number of carbonyl (C=O) groups is 3. The van der Waals surface area contributed by atoms with Gasteiger partial charge in [0.05, 0.1) is 12.2 Å². The van der Waals surface area contributed by atoms with Gasteiger partial charge in [-0.2, -0.15) is 0 Å². The molecule has 1 aromatic rings. The molecule has 0 fully saturated rings. The number of esters is 1. The molecule has 2 amide bonds. The maximum Gasteiger partial charge on any atom is 0.325 e. The average Bonchev–Trinajstić information content (AvgIpc) is 2.58. The third-order valence-corrected chi connectivity index (χ3v) is 3.23. The Bertz CT molecular complexity index is 587. The van der Waals surface area contributed by atoms with E-state index in [0.717, 1.165) is 6.42 Å². The van der Waals surface area contributed by atoms with Gasteiger partial charge in [0, 0.05) is 6.54 Å². The summed E-state index contributed by atoms with van der Waals surface area (Å²) in [6.07, 6.45) is 0.856. The molecular formula is C18H26N2O5. The summed E-state index contributed by atoms with van der Waals surface area (Å²) in [5.41, 5.74) is 0.337. The van der Waals surface area contributed by atoms with Crippen molar-refractivity contribution in [3.63, 3.8) is 0 Å². The van der Waals surface area contributed by atoms with E-state index in [2.05, 4.69) is 24.5 Å². The normalized spacial score (nSPS) is 10.2. The van der Waals surface area contributed by atoms with Gasteiger partial charge in [0.15, 0.2) is 6.61 Å². The summed E-state index contributed by atoms with van der Waals surface area (Å²) in [7, 11) is 0. The summed E-state index contributed by atoms with van der Waals surface area (Å²) in [4.78, 5) is 35.3. The molecule has 7 heteroatoms. The minimum absolute atomic E-state index is 0.321. The van der Waals surface area contributed by atoms with Crippen LogP contribution in [-0.2, 0) is 14.3 Å². The highest BCUT2D eigenvalue weighted by molar-refractivity contribution is 5.98. The van der Waals surface area contributed by atoms with Crippen LogP contribution >= 0.6 is 0 Å². The van der Waals surface area contributed by atoms with Crippen LogP contribution < -0.4 is 15.4 Å². The van der Waals surface area contributed by atoms with Gasteiger partial charge in [-0.25, -0.2) is 0 Å². The van der Waals surface area contributed by atoms with Gasteiger partial charge in [0.25, 0.3) is 11.8 Å². The maximum absolute atomic E-state index is 12.1. The molecule has 0 aliphatic heterocycles. The lowest BCUT2D eigenvalue weighted by Gasteiger charge is -2.10. The van der Waals surface area contributed by atoms with Crippen LogP contribution in [0.2, 0.25) is 0 Å². The van der Waals surface area contributed by atoms with Crippen LogP contribution in [0.15, 0.2) is 24.3 Å². The van der Waals surface area contributed by atoms with Gasteiger partial charge < -0.3 is 20.1 Å². The SMILES string of the molecule is CCOc1ccccc1C(=O)NCC(=O)OCC(=O)NCCC(C)C. The second kappa shape index (κ2) is 11.1. The molecular weight excluding hydrogens is 324 g/mol. The lowest BCUT2D eigenvalue weighted by atomic mass is 10.1. The number of benzene rings is 1. The van der Waals surface area contributed by atoms with Crippen LogP contribution in [0, 0.1) is 5.92 Å². The minimum Gasteiger partial charge on any atom is -0.493 e. The van der Waals surface area contributed by atoms with Gasteiger partial charge in [-0.3, -0.25) is 14.4 Å². The second-order valence-electron chi connectivity index (χ2n) is 5.81. The molecule has 0 spiro atoms. The number of rotatable bonds is 10. The number of carbonyl (C=O) groups excluding carboxylic acids is 3. The van der Waals surface area contributed by atoms with Crippen LogP contribution in [0.3, 0.4) is 0 Å². The van der Waals surface area contributed by atoms with Crippen molar-refractivity contribution in [1.29, 1.82) is 0 Å². The van der Waals surface area contributed by atoms with Gasteiger partial charge >= 0.3 is 5.97 Å². The first kappa shape index (κ1) is 20.5. The number of amides is 2. The Morgan fingerprint density at radius 2 is 1.84 bits per heavy atom. The molecule has 0 atom stereocenters. The smallest absolute Gasteiger partial charge is 0.325 e. The standard InChI is InChI=1S/C18H26N2O5/c1-4-24-15-8-6-5-7-14(15)18(23)20-11-17(22)25-12-16(21)19-10-9-13(2)3/h5-8,13H,4,9-12H2,1-3H3,(H,19,21)(H,20,23). The Balaban J connectivity index is 2.34. The van der Waals surface area contributed by atoms with Crippen molar-refractivity contribution in [2.75, 3.05) is 26.3 Å². The van der Waals surface area contributed by atoms with Gasteiger partial charge in [-0.15, -0.1) is 0 Å². The number of hydrogen-bond acceptors (Lipinski definition) is 5. The molecule has 2 N–H and O–H groups in total. The Morgan fingerprint density at radius 1 is 1.12 bits per heavy atom. The van der Waals surface area contributed by atoms with E-state index in [1.54, 1.807) is 24.3 Å². The molecule has 7 nitrogen and oxygen atoms in total. The highest BCUT2D eigenvalue weighted by atomic mass is 16.5. The van der Waals surface area contributed by atoms with Crippen LogP contribution in [0.5, 0.6) is 5.75 Å². The fourth-order valence-electron chi connectivity index (χ4n) is 1.93. The number of nitrogens with one attached hydrogen (secondary N) is 2. The van der Waals surface area contributed by atoms with Crippen LogP contribution in [0.1, 0.15) is 37.6 Å². The first-order valence-corrected chi connectivity index (χ1v) is 8.36. The largest absolute Gasteiger partial charge is 0.493 e. The summed E-state index contributed by atoms with van der Waals surface area (Å²) < 4.78 is 10.2. The predicted molar refractivity (Wildman–Crippen MR) is 93.4 cm³/mol. The summed E-state index contributed by atoms with van der Waals surface area (Å²) >= 11 is 0. The average molecular weight is 350 g/mol. The monoisotopic (exact) mass is 350 g/mol. The van der Waals surface area contributed by atoms with Crippen molar-refractivity contribution in [3.05, 3.63) is 29.8 Å². The molecule has 0 aliphatic carbocycles. The molecule has 0 bridgehead atoms. The zero-order valence-electron chi connectivity index (χ0n) is 15.0. The predicted octanol–water partition coefficient (Wildman–Crippen LogP) is 1.52. The quantitative estimate of drug-likeness (QED) is 0.624. The van der Waals surface area contributed by atoms with Gasteiger partial charge in [0.1, 0.15) is 12.3 Å². The van der Waals surface area contributed by atoms with E-state index in [1.807, 2.05) is 6.92 Å². The molecule has 0 unspecified atom stereocenters. The molecule has 0 aromatic heterocycles. The number of para-hydroxylation sites is 1. The summed E-state index contributed by atoms with van der Waals surface area (Å²) in [5.74, 6) is -0.552. The van der Waals surface area contributed by atoms with E-state index in [-0.39, 0.29) is 19.1 Å². The number of ether oxygens (including phenoxy) is 2. The maximum atomic E-state index is 12.1. The summed E-state index contributed by atoms with van der Waals surface area (Å²) in [5, 5.41) is 5.12. The van der Waals surface area contributed by atoms with E-state index in [0.29, 0.717) is 30.4 Å². The molecule has 0 aliphatic rings. The molecule has 1 aromatic carbocycles. The topological polar surface area (TPSA) is 93.7 Å². The zero-order valence-corrected chi connectivity index (χ0v) is 15.0. The van der Waals surface area contributed by atoms with Crippen molar-refractivity contribution in [2.45, 2.75) is 27.2 Å². The van der Waals surface area contributed by atoms with Crippen molar-refractivity contribution in [2.24, 2.45) is 5.92 Å². The first-order chi connectivity index (χ1) is 11.9. The Kier molecular flexibility index (Phi) is 9.06. The Hall–Kier alpha value is -2.57. The van der Waals surface area contributed by atoms with Crippen LogP contribution in [-0.4, -0.2) is 44.1 Å². The third-order valence-electron chi connectivity index (χ3n) is 3.23. The fourth-order valence-corrected chi connectivity index (χ4v) is 1.93. The third kappa shape index (κ3) is 8.19. The lowest BCUT2D eigenvalue weighted by molar-refractivity contribution is -0.147. The molecule has 25 heavy (non-hydrogen) atoms. The van der Waals surface area contributed by atoms with Crippen molar-refractivity contribution in [1.82, 2.24) is 10.6 Å².